The summed E-state index contributed by atoms with van der Waals surface area (Å²) < 4.78 is 3.27. The van der Waals surface area contributed by atoms with Crippen LogP contribution in [0.5, 0.6) is 0 Å². The van der Waals surface area contributed by atoms with Crippen LogP contribution in [0.4, 0.5) is 0 Å². The number of hydrogen-bond acceptors (Lipinski definition) is 1. The van der Waals surface area contributed by atoms with Crippen LogP contribution >= 0.6 is 15.9 Å². The number of hydrogen-bond donors (Lipinski definition) is 0. The molecular weight excluding hydrogens is 252 g/mol. The third-order valence-electron chi connectivity index (χ3n) is 3.87. The van der Waals surface area contributed by atoms with Crippen LogP contribution in [-0.2, 0) is 6.54 Å². The van der Waals surface area contributed by atoms with Crippen molar-refractivity contribution in [2.45, 2.75) is 26.3 Å². The molecule has 0 spiro atoms. The Morgan fingerprint density at radius 1 is 1.47 bits per heavy atom. The van der Waals surface area contributed by atoms with Gasteiger partial charge in [-0.05, 0) is 53.4 Å². The Kier molecular flexibility index (Phi) is 2.23. The molecule has 15 heavy (non-hydrogen) atoms. The Labute approximate surface area is 98.5 Å². The van der Waals surface area contributed by atoms with Crippen molar-refractivity contribution in [2.75, 3.05) is 0 Å². The summed E-state index contributed by atoms with van der Waals surface area (Å²) in [5, 5.41) is 4.41. The van der Waals surface area contributed by atoms with Gasteiger partial charge in [0, 0.05) is 12.2 Å². The minimum Gasteiger partial charge on any atom is -0.268 e. The second-order valence-corrected chi connectivity index (χ2v) is 5.65. The van der Waals surface area contributed by atoms with Gasteiger partial charge in [0.25, 0.3) is 0 Å². The molecule has 0 saturated heterocycles. The summed E-state index contributed by atoms with van der Waals surface area (Å²) in [7, 11) is 0. The normalized spacial score (nSPS) is 32.8. The number of rotatable bonds is 2. The predicted molar refractivity (Wildman–Crippen MR) is 63.5 cm³/mol. The first-order valence-corrected chi connectivity index (χ1v) is 6.39. The lowest BCUT2D eigenvalue weighted by atomic mass is 9.94. The summed E-state index contributed by atoms with van der Waals surface area (Å²) in [6.07, 6.45) is 9.45. The van der Waals surface area contributed by atoms with Gasteiger partial charge in [-0.1, -0.05) is 12.2 Å². The third kappa shape index (κ3) is 1.57. The molecule has 0 aliphatic heterocycles. The molecule has 2 bridgehead atoms. The van der Waals surface area contributed by atoms with Crippen molar-refractivity contribution in [3.05, 3.63) is 28.5 Å². The van der Waals surface area contributed by atoms with E-state index in [2.05, 4.69) is 44.8 Å². The van der Waals surface area contributed by atoms with Gasteiger partial charge < -0.3 is 0 Å². The molecule has 1 aromatic heterocycles. The predicted octanol–water partition coefficient (Wildman–Crippen LogP) is 3.17. The van der Waals surface area contributed by atoms with E-state index in [0.717, 1.165) is 28.8 Å². The van der Waals surface area contributed by atoms with Crippen molar-refractivity contribution in [1.29, 1.82) is 0 Å². The topological polar surface area (TPSA) is 17.8 Å². The van der Waals surface area contributed by atoms with Gasteiger partial charge in [-0.25, -0.2) is 0 Å². The molecule has 3 rings (SSSR count). The molecule has 1 aromatic rings. The lowest BCUT2D eigenvalue weighted by Gasteiger charge is -2.18. The SMILES string of the molecule is Cc1c(Br)cnn1C[C@@H]1C[C@@H]2C=C[C@H]1C2. The quantitative estimate of drug-likeness (QED) is 0.752. The highest BCUT2D eigenvalue weighted by molar-refractivity contribution is 9.10. The maximum atomic E-state index is 4.41. The van der Waals surface area contributed by atoms with Gasteiger partial charge in [-0.2, -0.15) is 5.10 Å². The highest BCUT2D eigenvalue weighted by Crippen LogP contribution is 2.44. The first-order chi connectivity index (χ1) is 7.24. The van der Waals surface area contributed by atoms with Gasteiger partial charge in [0.1, 0.15) is 0 Å². The fraction of sp³-hybridized carbons (Fsp3) is 0.583. The average molecular weight is 267 g/mol. The molecule has 0 N–H and O–H groups in total. The summed E-state index contributed by atoms with van der Waals surface area (Å²) in [6, 6.07) is 0. The summed E-state index contributed by atoms with van der Waals surface area (Å²) in [5.41, 5.74) is 1.25. The Balaban J connectivity index is 1.76. The van der Waals surface area contributed by atoms with Gasteiger partial charge in [-0.15, -0.1) is 0 Å². The second-order valence-electron chi connectivity index (χ2n) is 4.80. The minimum atomic E-state index is 0.811. The Morgan fingerprint density at radius 3 is 2.87 bits per heavy atom. The number of halogens is 1. The van der Waals surface area contributed by atoms with Crippen molar-refractivity contribution in [2.24, 2.45) is 17.8 Å². The minimum absolute atomic E-state index is 0.811. The number of nitrogens with zero attached hydrogens (tertiary/aromatic N) is 2. The van der Waals surface area contributed by atoms with Crippen LogP contribution in [0.1, 0.15) is 18.5 Å². The van der Waals surface area contributed by atoms with Crippen LogP contribution in [0.3, 0.4) is 0 Å². The fourth-order valence-corrected chi connectivity index (χ4v) is 3.23. The first kappa shape index (κ1) is 9.64. The average Bonchev–Trinajstić information content (AvgIpc) is 2.89. The number of fused-ring (bicyclic) bond motifs is 2. The van der Waals surface area contributed by atoms with E-state index in [1.165, 1.54) is 18.5 Å². The number of allylic oxidation sites excluding steroid dienone is 2. The van der Waals surface area contributed by atoms with Gasteiger partial charge in [0.2, 0.25) is 0 Å². The summed E-state index contributed by atoms with van der Waals surface area (Å²) in [4.78, 5) is 0. The molecule has 0 radical (unpaired) electrons. The molecule has 1 saturated carbocycles. The second kappa shape index (κ2) is 3.48. The van der Waals surface area contributed by atoms with Crippen LogP contribution in [0.2, 0.25) is 0 Å². The van der Waals surface area contributed by atoms with E-state index in [-0.39, 0.29) is 0 Å². The van der Waals surface area contributed by atoms with Crippen LogP contribution in [-0.4, -0.2) is 9.78 Å². The van der Waals surface area contributed by atoms with Gasteiger partial charge in [-0.3, -0.25) is 4.68 Å². The molecule has 3 heteroatoms. The maximum Gasteiger partial charge on any atom is 0.0635 e. The van der Waals surface area contributed by atoms with Gasteiger partial charge in [0.15, 0.2) is 0 Å². The van der Waals surface area contributed by atoms with E-state index in [1.54, 1.807) is 0 Å². The van der Waals surface area contributed by atoms with Crippen molar-refractivity contribution in [1.82, 2.24) is 9.78 Å². The summed E-state index contributed by atoms with van der Waals surface area (Å²) in [5.74, 6) is 2.49. The fourth-order valence-electron chi connectivity index (χ4n) is 2.93. The monoisotopic (exact) mass is 266 g/mol. The molecule has 0 aromatic carbocycles. The Hall–Kier alpha value is -0.570. The van der Waals surface area contributed by atoms with E-state index in [4.69, 9.17) is 0 Å². The number of aromatic nitrogens is 2. The first-order valence-electron chi connectivity index (χ1n) is 5.60. The molecule has 2 nitrogen and oxygen atoms in total. The Morgan fingerprint density at radius 2 is 2.33 bits per heavy atom. The third-order valence-corrected chi connectivity index (χ3v) is 4.65. The van der Waals surface area contributed by atoms with Crippen LogP contribution in [0.25, 0.3) is 0 Å². The molecule has 2 aliphatic rings. The standard InChI is InChI=1S/C12H15BrN2/c1-8-12(13)6-14-15(8)7-11-5-9-2-3-10(11)4-9/h2-3,6,9-11H,4-5,7H2,1H3/t9-,10+,11+/m1/s1. The van der Waals surface area contributed by atoms with Crippen LogP contribution < -0.4 is 0 Å². The van der Waals surface area contributed by atoms with E-state index in [0.29, 0.717) is 0 Å². The van der Waals surface area contributed by atoms with E-state index < -0.39 is 0 Å². The van der Waals surface area contributed by atoms with Crippen molar-refractivity contribution >= 4 is 15.9 Å². The zero-order valence-corrected chi connectivity index (χ0v) is 10.4. The zero-order chi connectivity index (χ0) is 10.4. The highest BCUT2D eigenvalue weighted by atomic mass is 79.9. The maximum absolute atomic E-state index is 4.41. The largest absolute Gasteiger partial charge is 0.268 e. The Bertz CT molecular complexity index is 408. The summed E-state index contributed by atoms with van der Waals surface area (Å²) >= 11 is 3.51. The molecule has 1 fully saturated rings. The van der Waals surface area contributed by atoms with Gasteiger partial charge in [0.05, 0.1) is 10.7 Å². The van der Waals surface area contributed by atoms with Crippen molar-refractivity contribution in [3.8, 4) is 0 Å². The zero-order valence-electron chi connectivity index (χ0n) is 8.86. The molecule has 0 amide bonds. The molecular formula is C12H15BrN2. The van der Waals surface area contributed by atoms with E-state index >= 15 is 0 Å². The lowest BCUT2D eigenvalue weighted by Crippen LogP contribution is -2.16. The molecule has 0 unspecified atom stereocenters. The van der Waals surface area contributed by atoms with E-state index in [9.17, 15) is 0 Å². The molecule has 1 heterocycles. The van der Waals surface area contributed by atoms with Crippen LogP contribution in [0, 0.1) is 24.7 Å². The van der Waals surface area contributed by atoms with Crippen molar-refractivity contribution < 1.29 is 0 Å². The molecule has 3 atom stereocenters. The van der Waals surface area contributed by atoms with Crippen LogP contribution in [0.15, 0.2) is 22.8 Å². The molecule has 2 aliphatic carbocycles. The smallest absolute Gasteiger partial charge is 0.0635 e. The van der Waals surface area contributed by atoms with Gasteiger partial charge >= 0.3 is 0 Å². The van der Waals surface area contributed by atoms with Crippen molar-refractivity contribution in [3.63, 3.8) is 0 Å². The highest BCUT2D eigenvalue weighted by Gasteiger charge is 2.35. The summed E-state index contributed by atoms with van der Waals surface area (Å²) in [6.45, 7) is 3.21. The molecule has 80 valence electrons. The van der Waals surface area contributed by atoms with E-state index in [1.807, 2.05) is 6.20 Å². The lowest BCUT2D eigenvalue weighted by molar-refractivity contribution is 0.361.